The van der Waals surface area contributed by atoms with E-state index in [0.717, 1.165) is 39.1 Å². The third-order valence-electron chi connectivity index (χ3n) is 5.96. The Hall–Kier alpha value is -1.59. The van der Waals surface area contributed by atoms with Gasteiger partial charge in [-0.05, 0) is 37.1 Å². The van der Waals surface area contributed by atoms with E-state index < -0.39 is 0 Å². The summed E-state index contributed by atoms with van der Waals surface area (Å²) in [5.41, 5.74) is 3.79. The molecule has 0 spiro atoms. The van der Waals surface area contributed by atoms with Crippen molar-refractivity contribution in [1.82, 2.24) is 15.1 Å². The minimum absolute atomic E-state index is 0.124. The van der Waals surface area contributed by atoms with Crippen molar-refractivity contribution in [2.75, 3.05) is 58.3 Å². The van der Waals surface area contributed by atoms with Crippen LogP contribution < -0.4 is 10.2 Å². The summed E-state index contributed by atoms with van der Waals surface area (Å²) in [6.45, 7) is 12.0. The predicted octanol–water partition coefficient (Wildman–Crippen LogP) is 2.52. The van der Waals surface area contributed by atoms with Crippen molar-refractivity contribution >= 4 is 11.6 Å². The summed E-state index contributed by atoms with van der Waals surface area (Å²) >= 11 is 0. The number of carbonyl (C=O) groups excluding carboxylic acids is 1. The number of likely N-dealkylation sites (N-methyl/N-ethyl adjacent to an activating group) is 1. The zero-order valence-corrected chi connectivity index (χ0v) is 17.7. The fourth-order valence-electron chi connectivity index (χ4n) is 4.06. The molecule has 0 unspecified atom stereocenters. The Morgan fingerprint density at radius 1 is 1.11 bits per heavy atom. The van der Waals surface area contributed by atoms with Crippen LogP contribution in [0.5, 0.6) is 0 Å². The SMILES string of the molecule is CN1CCN([C@@H](CNC(=O)C(C)(C)C)c2ccc3c(c2)CCCN3C)CC1. The van der Waals surface area contributed by atoms with Crippen molar-refractivity contribution in [3.05, 3.63) is 29.3 Å². The number of hydrogen-bond acceptors (Lipinski definition) is 4. The number of hydrogen-bond donors (Lipinski definition) is 1. The van der Waals surface area contributed by atoms with E-state index in [-0.39, 0.29) is 17.4 Å². The van der Waals surface area contributed by atoms with Gasteiger partial charge in [-0.15, -0.1) is 0 Å². The zero-order valence-electron chi connectivity index (χ0n) is 17.7. The summed E-state index contributed by atoms with van der Waals surface area (Å²) in [6.07, 6.45) is 2.37. The van der Waals surface area contributed by atoms with Crippen molar-refractivity contribution < 1.29 is 4.79 Å². The molecular weight excluding hydrogens is 336 g/mol. The molecule has 0 bridgehead atoms. The van der Waals surface area contributed by atoms with Crippen molar-refractivity contribution in [2.24, 2.45) is 5.41 Å². The lowest BCUT2D eigenvalue weighted by Gasteiger charge is -2.39. The van der Waals surface area contributed by atoms with Crippen molar-refractivity contribution in [1.29, 1.82) is 0 Å². The quantitative estimate of drug-likeness (QED) is 0.882. The van der Waals surface area contributed by atoms with Crippen LogP contribution in [-0.4, -0.2) is 69.1 Å². The predicted molar refractivity (Wildman–Crippen MR) is 112 cm³/mol. The van der Waals surface area contributed by atoms with Gasteiger partial charge in [0.1, 0.15) is 0 Å². The third-order valence-corrected chi connectivity index (χ3v) is 5.96. The highest BCUT2D eigenvalue weighted by atomic mass is 16.2. The van der Waals surface area contributed by atoms with Gasteiger partial charge in [0.2, 0.25) is 5.91 Å². The minimum atomic E-state index is -0.356. The van der Waals surface area contributed by atoms with Crippen LogP contribution in [0.1, 0.15) is 44.4 Å². The van der Waals surface area contributed by atoms with Gasteiger partial charge in [0.25, 0.3) is 0 Å². The smallest absolute Gasteiger partial charge is 0.225 e. The molecule has 2 aliphatic heterocycles. The van der Waals surface area contributed by atoms with Crippen LogP contribution in [0.3, 0.4) is 0 Å². The van der Waals surface area contributed by atoms with Crippen molar-refractivity contribution in [3.8, 4) is 0 Å². The van der Waals surface area contributed by atoms with E-state index in [2.05, 4.69) is 52.3 Å². The summed E-state index contributed by atoms with van der Waals surface area (Å²) in [6, 6.07) is 7.17. The van der Waals surface area contributed by atoms with Gasteiger partial charge in [-0.3, -0.25) is 9.69 Å². The van der Waals surface area contributed by atoms with Gasteiger partial charge in [-0.1, -0.05) is 32.9 Å². The Balaban J connectivity index is 1.82. The molecule has 1 aromatic rings. The summed E-state index contributed by atoms with van der Waals surface area (Å²) < 4.78 is 0. The lowest BCUT2D eigenvalue weighted by atomic mass is 9.94. The molecular formula is C22H36N4O. The zero-order chi connectivity index (χ0) is 19.6. The van der Waals surface area contributed by atoms with E-state index in [1.807, 2.05) is 20.8 Å². The fraction of sp³-hybridized carbons (Fsp3) is 0.682. The average Bonchev–Trinajstić information content (AvgIpc) is 2.62. The maximum atomic E-state index is 12.5. The molecule has 0 aromatic heterocycles. The molecule has 1 amide bonds. The first-order chi connectivity index (χ1) is 12.8. The monoisotopic (exact) mass is 372 g/mol. The first-order valence-corrected chi connectivity index (χ1v) is 10.3. The standard InChI is InChI=1S/C22H36N4O/c1-22(2,3)21(27)23-16-20(26-13-11-24(4)12-14-26)18-8-9-19-17(15-18)7-6-10-25(19)5/h8-9,15,20H,6-7,10-14,16H2,1-5H3,(H,23,27)/t20-/m0/s1. The number of nitrogens with one attached hydrogen (secondary N) is 1. The Morgan fingerprint density at radius 3 is 2.48 bits per heavy atom. The number of carbonyl (C=O) groups is 1. The molecule has 1 N–H and O–H groups in total. The minimum Gasteiger partial charge on any atom is -0.374 e. The Morgan fingerprint density at radius 2 is 1.81 bits per heavy atom. The molecule has 1 atom stereocenters. The molecule has 1 saturated heterocycles. The molecule has 27 heavy (non-hydrogen) atoms. The third kappa shape index (κ3) is 4.82. The van der Waals surface area contributed by atoms with Crippen molar-refractivity contribution in [2.45, 2.75) is 39.7 Å². The van der Waals surface area contributed by atoms with Crippen LogP contribution in [0.25, 0.3) is 0 Å². The molecule has 0 saturated carbocycles. The normalized spacial score (nSPS) is 20.3. The maximum Gasteiger partial charge on any atom is 0.225 e. The highest BCUT2D eigenvalue weighted by molar-refractivity contribution is 5.81. The molecule has 0 aliphatic carbocycles. The second kappa shape index (κ2) is 8.19. The number of amides is 1. The van der Waals surface area contributed by atoms with Crippen LogP contribution in [0.4, 0.5) is 5.69 Å². The number of anilines is 1. The lowest BCUT2D eigenvalue weighted by Crippen LogP contribution is -2.49. The van der Waals surface area contributed by atoms with E-state index in [0.29, 0.717) is 6.54 Å². The molecule has 3 rings (SSSR count). The fourth-order valence-corrected chi connectivity index (χ4v) is 4.06. The van der Waals surface area contributed by atoms with E-state index in [9.17, 15) is 4.79 Å². The number of benzene rings is 1. The number of fused-ring (bicyclic) bond motifs is 1. The lowest BCUT2D eigenvalue weighted by molar-refractivity contribution is -0.128. The van der Waals surface area contributed by atoms with E-state index in [1.54, 1.807) is 0 Å². The van der Waals surface area contributed by atoms with Gasteiger partial charge in [-0.2, -0.15) is 0 Å². The van der Waals surface area contributed by atoms with Gasteiger partial charge >= 0.3 is 0 Å². The molecule has 1 aromatic carbocycles. The highest BCUT2D eigenvalue weighted by Gasteiger charge is 2.28. The molecule has 2 aliphatic rings. The van der Waals surface area contributed by atoms with Crippen LogP contribution >= 0.6 is 0 Å². The molecule has 5 heteroatoms. The highest BCUT2D eigenvalue weighted by Crippen LogP contribution is 2.31. The summed E-state index contributed by atoms with van der Waals surface area (Å²) in [5.74, 6) is 0.124. The molecule has 0 radical (unpaired) electrons. The van der Waals surface area contributed by atoms with Gasteiger partial charge in [0.15, 0.2) is 0 Å². The number of piperazine rings is 1. The Kier molecular flexibility index (Phi) is 6.11. The molecule has 150 valence electrons. The second-order valence-electron chi connectivity index (χ2n) is 9.23. The second-order valence-corrected chi connectivity index (χ2v) is 9.23. The molecule has 5 nitrogen and oxygen atoms in total. The average molecular weight is 373 g/mol. The number of rotatable bonds is 4. The van der Waals surface area contributed by atoms with Crippen LogP contribution in [0, 0.1) is 5.41 Å². The van der Waals surface area contributed by atoms with E-state index in [1.165, 1.54) is 23.2 Å². The maximum absolute atomic E-state index is 12.5. The molecule has 2 heterocycles. The first-order valence-electron chi connectivity index (χ1n) is 10.3. The topological polar surface area (TPSA) is 38.8 Å². The Bertz CT molecular complexity index is 659. The van der Waals surface area contributed by atoms with Crippen molar-refractivity contribution in [3.63, 3.8) is 0 Å². The first kappa shape index (κ1) is 20.2. The largest absolute Gasteiger partial charge is 0.374 e. The van der Waals surface area contributed by atoms with Gasteiger partial charge in [0.05, 0.1) is 6.04 Å². The number of nitrogens with zero attached hydrogens (tertiary/aromatic N) is 3. The van der Waals surface area contributed by atoms with E-state index in [4.69, 9.17) is 0 Å². The van der Waals surface area contributed by atoms with Gasteiger partial charge in [0, 0.05) is 57.4 Å². The summed E-state index contributed by atoms with van der Waals surface area (Å²) in [7, 11) is 4.36. The van der Waals surface area contributed by atoms with E-state index >= 15 is 0 Å². The molecule has 1 fully saturated rings. The number of aryl methyl sites for hydroxylation is 1. The van der Waals surface area contributed by atoms with Gasteiger partial charge < -0.3 is 15.1 Å². The van der Waals surface area contributed by atoms with Gasteiger partial charge in [-0.25, -0.2) is 0 Å². The Labute approximate surface area is 164 Å². The van der Waals surface area contributed by atoms with Crippen LogP contribution in [0.2, 0.25) is 0 Å². The summed E-state index contributed by atoms with van der Waals surface area (Å²) in [5, 5.41) is 3.21. The van der Waals surface area contributed by atoms with Crippen LogP contribution in [0.15, 0.2) is 18.2 Å². The van der Waals surface area contributed by atoms with Crippen LogP contribution in [-0.2, 0) is 11.2 Å². The summed E-state index contributed by atoms with van der Waals surface area (Å²) in [4.78, 5) is 19.7.